The average Bonchev–Trinajstić information content (AvgIpc) is 2.40. The maximum Gasteiger partial charge on any atom is 0.338 e. The number of ether oxygens (including phenoxy) is 1. The van der Waals surface area contributed by atoms with Gasteiger partial charge in [-0.3, -0.25) is 0 Å². The fourth-order valence-corrected chi connectivity index (χ4v) is 2.38. The van der Waals surface area contributed by atoms with Crippen LogP contribution in [0.1, 0.15) is 41.6 Å². The Morgan fingerprint density at radius 2 is 2.06 bits per heavy atom. The van der Waals surface area contributed by atoms with Crippen molar-refractivity contribution in [3.05, 3.63) is 35.4 Å². The maximum atomic E-state index is 11.9. The van der Waals surface area contributed by atoms with Gasteiger partial charge in [0.25, 0.3) is 0 Å². The molecule has 0 aliphatic carbocycles. The topological polar surface area (TPSA) is 38.3 Å². The Morgan fingerprint density at radius 3 is 2.76 bits per heavy atom. The lowest BCUT2D eigenvalue weighted by atomic mass is 9.87. The molecule has 1 aliphatic rings. The van der Waals surface area contributed by atoms with E-state index in [1.807, 2.05) is 25.1 Å². The first kappa shape index (κ1) is 12.1. The lowest BCUT2D eigenvalue weighted by Gasteiger charge is -2.24. The van der Waals surface area contributed by atoms with Gasteiger partial charge < -0.3 is 10.1 Å². The fraction of sp³-hybridized carbons (Fsp3) is 0.500. The Morgan fingerprint density at radius 1 is 1.35 bits per heavy atom. The van der Waals surface area contributed by atoms with E-state index in [9.17, 15) is 4.79 Å². The van der Waals surface area contributed by atoms with E-state index in [4.69, 9.17) is 4.74 Å². The quantitative estimate of drug-likeness (QED) is 0.814. The van der Waals surface area contributed by atoms with E-state index < -0.39 is 0 Å². The van der Waals surface area contributed by atoms with Crippen LogP contribution in [-0.2, 0) is 4.74 Å². The predicted molar refractivity (Wildman–Crippen MR) is 67.2 cm³/mol. The van der Waals surface area contributed by atoms with Crippen LogP contribution in [0.5, 0.6) is 0 Å². The Labute approximate surface area is 102 Å². The minimum Gasteiger partial charge on any atom is -0.462 e. The van der Waals surface area contributed by atoms with E-state index in [1.54, 1.807) is 0 Å². The van der Waals surface area contributed by atoms with Crippen molar-refractivity contribution in [1.29, 1.82) is 0 Å². The first-order valence-corrected chi connectivity index (χ1v) is 6.29. The Bertz CT molecular complexity index is 384. The number of nitrogens with one attached hydrogen (secondary N) is 1. The molecule has 1 saturated heterocycles. The molecule has 17 heavy (non-hydrogen) atoms. The molecule has 92 valence electrons. The van der Waals surface area contributed by atoms with Crippen LogP contribution in [0.2, 0.25) is 0 Å². The van der Waals surface area contributed by atoms with Crippen molar-refractivity contribution >= 4 is 5.97 Å². The molecule has 1 heterocycles. The molecule has 0 radical (unpaired) electrons. The summed E-state index contributed by atoms with van der Waals surface area (Å²) in [4.78, 5) is 11.9. The van der Waals surface area contributed by atoms with E-state index in [2.05, 4.69) is 11.4 Å². The van der Waals surface area contributed by atoms with Crippen LogP contribution >= 0.6 is 0 Å². The Hall–Kier alpha value is -1.35. The molecule has 2 rings (SSSR count). The molecular weight excluding hydrogens is 214 g/mol. The highest BCUT2D eigenvalue weighted by Gasteiger charge is 2.21. The highest BCUT2D eigenvalue weighted by atomic mass is 16.5. The van der Waals surface area contributed by atoms with Crippen molar-refractivity contribution in [3.8, 4) is 0 Å². The number of hydrogen-bond donors (Lipinski definition) is 1. The second kappa shape index (κ2) is 5.82. The van der Waals surface area contributed by atoms with Crippen LogP contribution in [-0.4, -0.2) is 25.7 Å². The molecule has 0 saturated carbocycles. The summed E-state index contributed by atoms with van der Waals surface area (Å²) in [5.74, 6) is 0.290. The first-order chi connectivity index (χ1) is 8.33. The van der Waals surface area contributed by atoms with E-state index in [0.29, 0.717) is 12.5 Å². The van der Waals surface area contributed by atoms with Gasteiger partial charge in [0.15, 0.2) is 0 Å². The number of carbonyl (C=O) groups excluding carboxylic acids is 1. The molecule has 0 amide bonds. The summed E-state index contributed by atoms with van der Waals surface area (Å²) in [5.41, 5.74) is 1.88. The third-order valence-corrected chi connectivity index (χ3v) is 3.24. The van der Waals surface area contributed by atoms with Gasteiger partial charge >= 0.3 is 5.97 Å². The third kappa shape index (κ3) is 2.86. The first-order valence-electron chi connectivity index (χ1n) is 6.29. The molecule has 0 spiro atoms. The minimum absolute atomic E-state index is 0.193. The summed E-state index contributed by atoms with van der Waals surface area (Å²) < 4.78 is 5.10. The van der Waals surface area contributed by atoms with E-state index in [0.717, 1.165) is 37.1 Å². The standard InChI is InChI=1S/C14H19NO2/c1-2-17-14(16)13-6-4-3-5-12(13)11-7-9-15-10-8-11/h3-6,11,15H,2,7-10H2,1H3. The number of benzene rings is 1. The van der Waals surface area contributed by atoms with Gasteiger partial charge in [0, 0.05) is 0 Å². The van der Waals surface area contributed by atoms with Crippen molar-refractivity contribution in [2.75, 3.05) is 19.7 Å². The average molecular weight is 233 g/mol. The molecule has 3 nitrogen and oxygen atoms in total. The summed E-state index contributed by atoms with van der Waals surface area (Å²) in [5, 5.41) is 3.34. The van der Waals surface area contributed by atoms with Crippen LogP contribution < -0.4 is 5.32 Å². The minimum atomic E-state index is -0.193. The second-order valence-corrected chi connectivity index (χ2v) is 4.33. The Kier molecular flexibility index (Phi) is 4.15. The Balaban J connectivity index is 2.23. The van der Waals surface area contributed by atoms with Crippen molar-refractivity contribution < 1.29 is 9.53 Å². The van der Waals surface area contributed by atoms with Gasteiger partial charge in [-0.05, 0) is 50.4 Å². The van der Waals surface area contributed by atoms with Crippen LogP contribution in [0.15, 0.2) is 24.3 Å². The van der Waals surface area contributed by atoms with Crippen molar-refractivity contribution in [3.63, 3.8) is 0 Å². The summed E-state index contributed by atoms with van der Waals surface area (Å²) >= 11 is 0. The smallest absolute Gasteiger partial charge is 0.338 e. The monoisotopic (exact) mass is 233 g/mol. The lowest BCUT2D eigenvalue weighted by molar-refractivity contribution is 0.0524. The van der Waals surface area contributed by atoms with E-state index >= 15 is 0 Å². The highest BCUT2D eigenvalue weighted by molar-refractivity contribution is 5.91. The van der Waals surface area contributed by atoms with Crippen LogP contribution in [0, 0.1) is 0 Å². The number of piperidine rings is 1. The van der Waals surface area contributed by atoms with Gasteiger partial charge in [-0.1, -0.05) is 18.2 Å². The normalized spacial score (nSPS) is 16.8. The van der Waals surface area contributed by atoms with Gasteiger partial charge in [0.2, 0.25) is 0 Å². The summed E-state index contributed by atoms with van der Waals surface area (Å²) in [7, 11) is 0. The number of esters is 1. The molecule has 1 fully saturated rings. The second-order valence-electron chi connectivity index (χ2n) is 4.33. The third-order valence-electron chi connectivity index (χ3n) is 3.24. The molecule has 3 heteroatoms. The predicted octanol–water partition coefficient (Wildman–Crippen LogP) is 2.33. The van der Waals surface area contributed by atoms with Crippen LogP contribution in [0.3, 0.4) is 0 Å². The SMILES string of the molecule is CCOC(=O)c1ccccc1C1CCNCC1. The van der Waals surface area contributed by atoms with Crippen molar-refractivity contribution in [2.45, 2.75) is 25.7 Å². The number of carbonyl (C=O) groups is 1. The molecule has 1 aliphatic heterocycles. The van der Waals surface area contributed by atoms with Crippen molar-refractivity contribution in [1.82, 2.24) is 5.32 Å². The maximum absolute atomic E-state index is 11.9. The zero-order valence-electron chi connectivity index (χ0n) is 10.2. The summed E-state index contributed by atoms with van der Waals surface area (Å²) in [6, 6.07) is 7.83. The molecule has 0 atom stereocenters. The molecule has 0 aromatic heterocycles. The van der Waals surface area contributed by atoms with Gasteiger partial charge in [-0.2, -0.15) is 0 Å². The van der Waals surface area contributed by atoms with Gasteiger partial charge in [-0.15, -0.1) is 0 Å². The van der Waals surface area contributed by atoms with E-state index in [-0.39, 0.29) is 5.97 Å². The lowest BCUT2D eigenvalue weighted by Crippen LogP contribution is -2.27. The molecule has 0 unspecified atom stereocenters. The van der Waals surface area contributed by atoms with Crippen molar-refractivity contribution in [2.24, 2.45) is 0 Å². The molecular formula is C14H19NO2. The zero-order valence-corrected chi connectivity index (χ0v) is 10.2. The summed E-state index contributed by atoms with van der Waals surface area (Å²) in [6.45, 7) is 4.33. The van der Waals surface area contributed by atoms with Crippen LogP contribution in [0.4, 0.5) is 0 Å². The largest absolute Gasteiger partial charge is 0.462 e. The molecule has 1 aromatic carbocycles. The zero-order chi connectivity index (χ0) is 12.1. The van der Waals surface area contributed by atoms with Gasteiger partial charge in [0.1, 0.15) is 0 Å². The number of rotatable bonds is 3. The number of hydrogen-bond acceptors (Lipinski definition) is 3. The summed E-state index contributed by atoms with van der Waals surface area (Å²) in [6.07, 6.45) is 2.19. The molecule has 0 bridgehead atoms. The highest BCUT2D eigenvalue weighted by Crippen LogP contribution is 2.28. The fourth-order valence-electron chi connectivity index (χ4n) is 2.38. The molecule has 1 N–H and O–H groups in total. The van der Waals surface area contributed by atoms with Gasteiger partial charge in [0.05, 0.1) is 12.2 Å². The van der Waals surface area contributed by atoms with Crippen LogP contribution in [0.25, 0.3) is 0 Å². The van der Waals surface area contributed by atoms with Gasteiger partial charge in [-0.25, -0.2) is 4.79 Å². The van der Waals surface area contributed by atoms with E-state index in [1.165, 1.54) is 0 Å². The molecule has 1 aromatic rings.